The minimum Gasteiger partial charge on any atom is -0.454 e. The molecule has 8 heteroatoms. The van der Waals surface area contributed by atoms with Gasteiger partial charge < -0.3 is 20.1 Å². The molecule has 1 aromatic heterocycles. The summed E-state index contributed by atoms with van der Waals surface area (Å²) in [4.78, 5) is 26.3. The van der Waals surface area contributed by atoms with Crippen LogP contribution in [0.2, 0.25) is 0 Å². The summed E-state index contributed by atoms with van der Waals surface area (Å²) in [7, 11) is 0. The zero-order chi connectivity index (χ0) is 22.2. The molecule has 5 rings (SSSR count). The number of carbonyl (C=O) groups is 2. The Bertz CT molecular complexity index is 1380. The molecule has 0 saturated heterocycles. The number of halogens is 1. The molecule has 0 saturated carbocycles. The monoisotopic (exact) mass is 448 g/mol. The standard InChI is InChI=1S/C24H17FN2O4S/c1-13-21-16(25)6-4-8-20(21)32-22(13)24(29)27-17-7-3-2-5-15(17)23(28)26-14-9-10-18-19(11-14)31-12-30-18/h2-11H,12H2,1H3,(H,26,28)(H,27,29). The Morgan fingerprint density at radius 1 is 0.938 bits per heavy atom. The molecule has 4 aromatic rings. The summed E-state index contributed by atoms with van der Waals surface area (Å²) in [5, 5.41) is 6.05. The fraction of sp³-hybridized carbons (Fsp3) is 0.0833. The first kappa shape index (κ1) is 20.0. The maximum Gasteiger partial charge on any atom is 0.266 e. The summed E-state index contributed by atoms with van der Waals surface area (Å²) in [6.07, 6.45) is 0. The van der Waals surface area contributed by atoms with Gasteiger partial charge in [-0.25, -0.2) is 4.39 Å². The fourth-order valence-corrected chi connectivity index (χ4v) is 4.73. The Morgan fingerprint density at radius 3 is 2.59 bits per heavy atom. The van der Waals surface area contributed by atoms with Gasteiger partial charge in [0.1, 0.15) is 5.82 Å². The first-order valence-electron chi connectivity index (χ1n) is 9.80. The lowest BCUT2D eigenvalue weighted by Gasteiger charge is -2.12. The van der Waals surface area contributed by atoms with Crippen LogP contribution in [0.4, 0.5) is 15.8 Å². The highest BCUT2D eigenvalue weighted by Gasteiger charge is 2.21. The zero-order valence-corrected chi connectivity index (χ0v) is 17.7. The largest absolute Gasteiger partial charge is 0.454 e. The van der Waals surface area contributed by atoms with Gasteiger partial charge in [-0.2, -0.15) is 0 Å². The van der Waals surface area contributed by atoms with Crippen molar-refractivity contribution >= 4 is 44.6 Å². The number of ether oxygens (including phenoxy) is 2. The van der Waals surface area contributed by atoms with E-state index in [1.807, 2.05) is 0 Å². The average Bonchev–Trinajstić information content (AvgIpc) is 3.38. The SMILES string of the molecule is Cc1c(C(=O)Nc2ccccc2C(=O)Nc2ccc3c(c2)OCO3)sc2cccc(F)c12. The summed E-state index contributed by atoms with van der Waals surface area (Å²) in [6.45, 7) is 1.86. The van der Waals surface area contributed by atoms with Gasteiger partial charge in [0.15, 0.2) is 11.5 Å². The van der Waals surface area contributed by atoms with Gasteiger partial charge in [0.05, 0.1) is 16.1 Å². The van der Waals surface area contributed by atoms with Crippen LogP contribution in [0.5, 0.6) is 11.5 Å². The van der Waals surface area contributed by atoms with Gasteiger partial charge in [-0.15, -0.1) is 11.3 Å². The molecule has 0 unspecified atom stereocenters. The first-order valence-corrected chi connectivity index (χ1v) is 10.6. The van der Waals surface area contributed by atoms with Crippen LogP contribution in [0, 0.1) is 12.7 Å². The number of benzene rings is 3. The minimum atomic E-state index is -0.397. The molecule has 2 amide bonds. The van der Waals surface area contributed by atoms with E-state index in [0.717, 1.165) is 0 Å². The van der Waals surface area contributed by atoms with Gasteiger partial charge >= 0.3 is 0 Å². The highest BCUT2D eigenvalue weighted by Crippen LogP contribution is 2.35. The lowest BCUT2D eigenvalue weighted by atomic mass is 10.1. The van der Waals surface area contributed by atoms with E-state index >= 15 is 0 Å². The summed E-state index contributed by atoms with van der Waals surface area (Å²) < 4.78 is 25.5. The number of thiophene rings is 1. The zero-order valence-electron chi connectivity index (χ0n) is 16.9. The van der Waals surface area contributed by atoms with Crippen molar-refractivity contribution < 1.29 is 23.5 Å². The molecule has 1 aliphatic heterocycles. The average molecular weight is 448 g/mol. The highest BCUT2D eigenvalue weighted by atomic mass is 32.1. The Balaban J connectivity index is 1.40. The lowest BCUT2D eigenvalue weighted by molar-refractivity contribution is 0.102. The summed E-state index contributed by atoms with van der Waals surface area (Å²) >= 11 is 1.22. The van der Waals surface area contributed by atoms with Crippen molar-refractivity contribution in [3.63, 3.8) is 0 Å². The van der Waals surface area contributed by atoms with Gasteiger partial charge in [-0.3, -0.25) is 9.59 Å². The van der Waals surface area contributed by atoms with Crippen molar-refractivity contribution in [2.75, 3.05) is 17.4 Å². The van der Waals surface area contributed by atoms with E-state index in [2.05, 4.69) is 10.6 Å². The first-order chi connectivity index (χ1) is 15.5. The normalized spacial score (nSPS) is 12.1. The number of fused-ring (bicyclic) bond motifs is 2. The summed E-state index contributed by atoms with van der Waals surface area (Å²) in [5.41, 5.74) is 1.76. The second-order valence-corrected chi connectivity index (χ2v) is 8.24. The van der Waals surface area contributed by atoms with Crippen molar-refractivity contribution in [1.29, 1.82) is 0 Å². The molecule has 0 aliphatic carbocycles. The van der Waals surface area contributed by atoms with Gasteiger partial charge in [-0.1, -0.05) is 18.2 Å². The fourth-order valence-electron chi connectivity index (χ4n) is 3.61. The third-order valence-corrected chi connectivity index (χ3v) is 6.42. The molecule has 2 heterocycles. The lowest BCUT2D eigenvalue weighted by Crippen LogP contribution is -2.18. The van der Waals surface area contributed by atoms with Crippen molar-refractivity contribution in [3.05, 3.63) is 82.5 Å². The second-order valence-electron chi connectivity index (χ2n) is 7.19. The number of nitrogens with one attached hydrogen (secondary N) is 2. The van der Waals surface area contributed by atoms with E-state index in [1.54, 1.807) is 61.5 Å². The van der Waals surface area contributed by atoms with Gasteiger partial charge in [0.2, 0.25) is 6.79 Å². The van der Waals surface area contributed by atoms with Crippen LogP contribution in [-0.2, 0) is 0 Å². The molecule has 0 radical (unpaired) electrons. The molecule has 2 N–H and O–H groups in total. The van der Waals surface area contributed by atoms with E-state index in [0.29, 0.717) is 49.0 Å². The van der Waals surface area contributed by atoms with Crippen molar-refractivity contribution in [3.8, 4) is 11.5 Å². The third kappa shape index (κ3) is 3.54. The van der Waals surface area contributed by atoms with E-state index in [-0.39, 0.29) is 18.5 Å². The highest BCUT2D eigenvalue weighted by molar-refractivity contribution is 7.21. The molecule has 0 fully saturated rings. The Labute approximate surface area is 186 Å². The van der Waals surface area contributed by atoms with Crippen LogP contribution in [-0.4, -0.2) is 18.6 Å². The number of para-hydroxylation sites is 1. The molecule has 1 aliphatic rings. The number of hydrogen-bond donors (Lipinski definition) is 2. The van der Waals surface area contributed by atoms with Crippen LogP contribution in [0.1, 0.15) is 25.6 Å². The summed E-state index contributed by atoms with van der Waals surface area (Å²) in [6, 6.07) is 16.6. The number of hydrogen-bond acceptors (Lipinski definition) is 5. The van der Waals surface area contributed by atoms with Crippen LogP contribution in [0.25, 0.3) is 10.1 Å². The number of carbonyl (C=O) groups excluding carboxylic acids is 2. The predicted octanol–water partition coefficient (Wildman–Crippen LogP) is 5.58. The van der Waals surface area contributed by atoms with E-state index in [9.17, 15) is 14.0 Å². The maximum absolute atomic E-state index is 14.2. The molecule has 160 valence electrons. The smallest absolute Gasteiger partial charge is 0.266 e. The Kier molecular flexibility index (Phi) is 4.99. The van der Waals surface area contributed by atoms with Crippen LogP contribution in [0.3, 0.4) is 0 Å². The minimum absolute atomic E-state index is 0.142. The molecule has 3 aromatic carbocycles. The molecule has 6 nitrogen and oxygen atoms in total. The molecule has 0 spiro atoms. The van der Waals surface area contributed by atoms with Crippen molar-refractivity contribution in [2.45, 2.75) is 6.92 Å². The van der Waals surface area contributed by atoms with Crippen molar-refractivity contribution in [2.24, 2.45) is 0 Å². The summed E-state index contributed by atoms with van der Waals surface area (Å²) in [5.74, 6) is 0.0202. The van der Waals surface area contributed by atoms with E-state index in [1.165, 1.54) is 17.4 Å². The van der Waals surface area contributed by atoms with Gasteiger partial charge in [0, 0.05) is 21.8 Å². The molecule has 0 bridgehead atoms. The van der Waals surface area contributed by atoms with Crippen LogP contribution >= 0.6 is 11.3 Å². The maximum atomic E-state index is 14.2. The van der Waals surface area contributed by atoms with Gasteiger partial charge in [-0.05, 0) is 48.9 Å². The topological polar surface area (TPSA) is 76.7 Å². The van der Waals surface area contributed by atoms with E-state index < -0.39 is 5.91 Å². The quantitative estimate of drug-likeness (QED) is 0.427. The predicted molar refractivity (Wildman–Crippen MR) is 121 cm³/mol. The third-order valence-electron chi connectivity index (χ3n) is 5.16. The van der Waals surface area contributed by atoms with Crippen LogP contribution < -0.4 is 20.1 Å². The molecule has 0 atom stereocenters. The second kappa shape index (κ2) is 7.97. The number of anilines is 2. The molecular formula is C24H17FN2O4S. The Hall–Kier alpha value is -3.91. The van der Waals surface area contributed by atoms with Gasteiger partial charge in [0.25, 0.3) is 11.8 Å². The number of aryl methyl sites for hydroxylation is 1. The number of rotatable bonds is 4. The van der Waals surface area contributed by atoms with Crippen LogP contribution in [0.15, 0.2) is 60.7 Å². The molecular weight excluding hydrogens is 431 g/mol. The van der Waals surface area contributed by atoms with Crippen molar-refractivity contribution in [1.82, 2.24) is 0 Å². The Morgan fingerprint density at radius 2 is 1.75 bits per heavy atom. The molecule has 32 heavy (non-hydrogen) atoms. The van der Waals surface area contributed by atoms with E-state index in [4.69, 9.17) is 9.47 Å². The number of amides is 2.